The summed E-state index contributed by atoms with van der Waals surface area (Å²) in [5.41, 5.74) is 3.88. The molecule has 1 aliphatic rings. The molecule has 0 unspecified atom stereocenters. The van der Waals surface area contributed by atoms with Crippen molar-refractivity contribution in [3.8, 4) is 22.1 Å². The van der Waals surface area contributed by atoms with Crippen molar-refractivity contribution in [2.24, 2.45) is 5.92 Å². The third-order valence-electron chi connectivity index (χ3n) is 5.25. The van der Waals surface area contributed by atoms with Gasteiger partial charge in [-0.3, -0.25) is 9.59 Å². The lowest BCUT2D eigenvalue weighted by Gasteiger charge is -2.11. The number of hydrogen-bond acceptors (Lipinski definition) is 6. The fourth-order valence-corrected chi connectivity index (χ4v) is 4.09. The van der Waals surface area contributed by atoms with Gasteiger partial charge in [-0.15, -0.1) is 11.3 Å². The lowest BCUT2D eigenvalue weighted by Crippen LogP contribution is -2.17. The summed E-state index contributed by atoms with van der Waals surface area (Å²) in [6.45, 7) is 1.92. The Morgan fingerprint density at radius 1 is 1.06 bits per heavy atom. The first kappa shape index (κ1) is 21.8. The summed E-state index contributed by atoms with van der Waals surface area (Å²) in [6.07, 6.45) is 2.04. The zero-order chi connectivity index (χ0) is 22.7. The van der Waals surface area contributed by atoms with E-state index in [9.17, 15) is 9.59 Å². The number of ether oxygens (including phenoxy) is 2. The average molecular weight is 452 g/mol. The number of anilines is 2. The zero-order valence-electron chi connectivity index (χ0n) is 18.2. The number of aryl methyl sites for hydroxylation is 1. The summed E-state index contributed by atoms with van der Waals surface area (Å²) >= 11 is 1.47. The van der Waals surface area contributed by atoms with Crippen molar-refractivity contribution >= 4 is 34.5 Å². The van der Waals surface area contributed by atoms with Crippen LogP contribution in [0, 0.1) is 12.8 Å². The van der Waals surface area contributed by atoms with Crippen molar-refractivity contribution in [3.63, 3.8) is 0 Å². The van der Waals surface area contributed by atoms with E-state index in [4.69, 9.17) is 9.47 Å². The normalized spacial score (nSPS) is 12.8. The molecule has 32 heavy (non-hydrogen) atoms. The average Bonchev–Trinajstić information content (AvgIpc) is 3.55. The van der Waals surface area contributed by atoms with E-state index < -0.39 is 0 Å². The van der Waals surface area contributed by atoms with Gasteiger partial charge in [-0.05, 0) is 55.7 Å². The Kier molecular flexibility index (Phi) is 6.41. The highest BCUT2D eigenvalue weighted by atomic mass is 32.1. The molecule has 166 valence electrons. The lowest BCUT2D eigenvalue weighted by molar-refractivity contribution is -0.117. The van der Waals surface area contributed by atoms with E-state index in [1.54, 1.807) is 20.3 Å². The molecule has 0 atom stereocenters. The maximum atomic E-state index is 12.6. The van der Waals surface area contributed by atoms with Gasteiger partial charge in [0.1, 0.15) is 5.01 Å². The number of amides is 2. The molecule has 0 spiro atoms. The summed E-state index contributed by atoms with van der Waals surface area (Å²) in [6, 6.07) is 11.1. The van der Waals surface area contributed by atoms with Crippen molar-refractivity contribution in [1.29, 1.82) is 0 Å². The fraction of sp³-hybridized carbons (Fsp3) is 0.292. The highest BCUT2D eigenvalue weighted by Gasteiger charge is 2.29. The Morgan fingerprint density at radius 3 is 2.56 bits per heavy atom. The molecule has 2 amide bonds. The minimum absolute atomic E-state index is 0.0382. The van der Waals surface area contributed by atoms with E-state index in [-0.39, 0.29) is 24.2 Å². The molecule has 0 saturated heterocycles. The van der Waals surface area contributed by atoms with Crippen molar-refractivity contribution in [1.82, 2.24) is 4.98 Å². The topological polar surface area (TPSA) is 89.5 Å². The Labute approximate surface area is 190 Å². The van der Waals surface area contributed by atoms with Gasteiger partial charge in [0.15, 0.2) is 11.5 Å². The summed E-state index contributed by atoms with van der Waals surface area (Å²) in [4.78, 5) is 29.3. The number of aromatic nitrogens is 1. The second-order valence-electron chi connectivity index (χ2n) is 7.73. The monoisotopic (exact) mass is 451 g/mol. The van der Waals surface area contributed by atoms with Gasteiger partial charge in [0, 0.05) is 28.2 Å². The number of methoxy groups -OCH3 is 2. The van der Waals surface area contributed by atoms with Gasteiger partial charge in [-0.25, -0.2) is 4.98 Å². The standard InChI is InChI=1S/C24H25N3O4S/c1-14-4-8-17(25-23(29)15-5-6-15)11-19(14)27-22(28)12-18-13-32-24(26-18)16-7-9-20(30-2)21(10-16)31-3/h4,7-11,13,15H,5-6,12H2,1-3H3,(H,25,29)(H,27,28). The molecular formula is C24H25N3O4S. The largest absolute Gasteiger partial charge is 0.493 e. The first-order valence-corrected chi connectivity index (χ1v) is 11.2. The van der Waals surface area contributed by atoms with Crippen LogP contribution >= 0.6 is 11.3 Å². The molecule has 1 heterocycles. The first-order valence-electron chi connectivity index (χ1n) is 10.3. The zero-order valence-corrected chi connectivity index (χ0v) is 19.0. The number of nitrogens with one attached hydrogen (secondary N) is 2. The third kappa shape index (κ3) is 5.08. The smallest absolute Gasteiger partial charge is 0.230 e. The maximum Gasteiger partial charge on any atom is 0.230 e. The predicted octanol–water partition coefficient (Wildman–Crippen LogP) is 4.67. The van der Waals surface area contributed by atoms with Crippen LogP contribution in [-0.2, 0) is 16.0 Å². The quantitative estimate of drug-likeness (QED) is 0.520. The van der Waals surface area contributed by atoms with Gasteiger partial charge < -0.3 is 20.1 Å². The van der Waals surface area contributed by atoms with E-state index in [1.165, 1.54) is 11.3 Å². The molecule has 7 nitrogen and oxygen atoms in total. The summed E-state index contributed by atoms with van der Waals surface area (Å²) in [5.74, 6) is 1.28. The molecule has 1 aromatic heterocycles. The molecule has 0 radical (unpaired) electrons. The van der Waals surface area contributed by atoms with E-state index in [0.29, 0.717) is 28.6 Å². The number of rotatable bonds is 8. The SMILES string of the molecule is COc1ccc(-c2nc(CC(=O)Nc3cc(NC(=O)C4CC4)ccc3C)cs2)cc1OC. The van der Waals surface area contributed by atoms with Crippen LogP contribution in [0.5, 0.6) is 11.5 Å². The molecular weight excluding hydrogens is 426 g/mol. The summed E-state index contributed by atoms with van der Waals surface area (Å²) in [7, 11) is 3.18. The highest BCUT2D eigenvalue weighted by Crippen LogP contribution is 2.34. The fourth-order valence-electron chi connectivity index (χ4n) is 3.27. The first-order chi connectivity index (χ1) is 15.5. The van der Waals surface area contributed by atoms with Gasteiger partial charge in [-0.1, -0.05) is 6.07 Å². The van der Waals surface area contributed by atoms with Gasteiger partial charge in [-0.2, -0.15) is 0 Å². The van der Waals surface area contributed by atoms with Gasteiger partial charge >= 0.3 is 0 Å². The van der Waals surface area contributed by atoms with Crippen LogP contribution in [0.4, 0.5) is 11.4 Å². The molecule has 8 heteroatoms. The van der Waals surface area contributed by atoms with Crippen molar-refractivity contribution in [2.75, 3.05) is 24.9 Å². The minimum atomic E-state index is -0.164. The number of hydrogen-bond donors (Lipinski definition) is 2. The molecule has 1 fully saturated rings. The molecule has 3 aromatic rings. The second kappa shape index (κ2) is 9.40. The molecule has 1 aliphatic carbocycles. The van der Waals surface area contributed by atoms with E-state index in [2.05, 4.69) is 15.6 Å². The van der Waals surface area contributed by atoms with Crippen molar-refractivity contribution < 1.29 is 19.1 Å². The van der Waals surface area contributed by atoms with Crippen LogP contribution in [0.3, 0.4) is 0 Å². The Bertz CT molecular complexity index is 1150. The molecule has 4 rings (SSSR count). The Hall–Kier alpha value is -3.39. The van der Waals surface area contributed by atoms with E-state index >= 15 is 0 Å². The molecule has 1 saturated carbocycles. The van der Waals surface area contributed by atoms with Crippen LogP contribution in [0.2, 0.25) is 0 Å². The molecule has 0 bridgehead atoms. The maximum absolute atomic E-state index is 12.6. The number of nitrogens with zero attached hydrogens (tertiary/aromatic N) is 1. The minimum Gasteiger partial charge on any atom is -0.493 e. The van der Waals surface area contributed by atoms with Gasteiger partial charge in [0.25, 0.3) is 0 Å². The number of carbonyl (C=O) groups excluding carboxylic acids is 2. The number of benzene rings is 2. The molecule has 2 N–H and O–H groups in total. The molecule has 2 aromatic carbocycles. The summed E-state index contributed by atoms with van der Waals surface area (Å²) in [5, 5.41) is 8.53. The van der Waals surface area contributed by atoms with Crippen molar-refractivity contribution in [3.05, 3.63) is 53.0 Å². The summed E-state index contributed by atoms with van der Waals surface area (Å²) < 4.78 is 10.6. The van der Waals surface area contributed by atoms with Gasteiger partial charge in [0.2, 0.25) is 11.8 Å². The van der Waals surface area contributed by atoms with Crippen LogP contribution < -0.4 is 20.1 Å². The van der Waals surface area contributed by atoms with Crippen LogP contribution in [-0.4, -0.2) is 31.0 Å². The van der Waals surface area contributed by atoms with E-state index in [0.717, 1.165) is 29.0 Å². The Balaban J connectivity index is 1.42. The number of carbonyl (C=O) groups is 2. The molecule has 0 aliphatic heterocycles. The van der Waals surface area contributed by atoms with E-state index in [1.807, 2.05) is 42.6 Å². The lowest BCUT2D eigenvalue weighted by atomic mass is 10.1. The van der Waals surface area contributed by atoms with Gasteiger partial charge in [0.05, 0.1) is 26.3 Å². The van der Waals surface area contributed by atoms with Crippen LogP contribution in [0.15, 0.2) is 41.8 Å². The van der Waals surface area contributed by atoms with Crippen LogP contribution in [0.25, 0.3) is 10.6 Å². The predicted molar refractivity (Wildman–Crippen MR) is 126 cm³/mol. The Morgan fingerprint density at radius 2 is 1.84 bits per heavy atom. The highest BCUT2D eigenvalue weighted by molar-refractivity contribution is 7.13. The van der Waals surface area contributed by atoms with Crippen molar-refractivity contribution in [2.45, 2.75) is 26.2 Å². The second-order valence-corrected chi connectivity index (χ2v) is 8.59. The third-order valence-corrected chi connectivity index (χ3v) is 6.19. The van der Waals surface area contributed by atoms with Crippen LogP contribution in [0.1, 0.15) is 24.1 Å². The number of thiazole rings is 1.